The fourth-order valence-electron chi connectivity index (χ4n) is 3.05. The van der Waals surface area contributed by atoms with Crippen molar-refractivity contribution in [1.29, 1.82) is 0 Å². The summed E-state index contributed by atoms with van der Waals surface area (Å²) >= 11 is 0. The maximum atomic E-state index is 9.28. The van der Waals surface area contributed by atoms with Gasteiger partial charge in [0.05, 0.1) is 6.61 Å². The van der Waals surface area contributed by atoms with E-state index in [-0.39, 0.29) is 6.61 Å². The number of anilines is 1. The lowest BCUT2D eigenvalue weighted by molar-refractivity contribution is 0.112. The monoisotopic (exact) mass is 248 g/mol. The third kappa shape index (κ3) is 3.03. The number of nitrogens with two attached hydrogens (primary N) is 1. The fraction of sp³-hybridized carbons (Fsp3) is 0.600. The van der Waals surface area contributed by atoms with E-state index in [2.05, 4.69) is 17.9 Å². The van der Waals surface area contributed by atoms with Crippen molar-refractivity contribution in [2.45, 2.75) is 44.7 Å². The van der Waals surface area contributed by atoms with Crippen LogP contribution in [0, 0.1) is 0 Å². The predicted octanol–water partition coefficient (Wildman–Crippen LogP) is 2.57. The minimum Gasteiger partial charge on any atom is -0.399 e. The summed E-state index contributed by atoms with van der Waals surface area (Å²) in [5.41, 5.74) is 7.92. The maximum absolute atomic E-state index is 9.28. The van der Waals surface area contributed by atoms with Gasteiger partial charge in [-0.2, -0.15) is 0 Å². The third-order valence-corrected chi connectivity index (χ3v) is 4.04. The second kappa shape index (κ2) is 6.21. The molecule has 18 heavy (non-hydrogen) atoms. The van der Waals surface area contributed by atoms with Crippen LogP contribution in [0.3, 0.4) is 0 Å². The average Bonchev–Trinajstić information content (AvgIpc) is 2.89. The molecule has 1 atom stereocenters. The number of aliphatic hydroxyl groups excluding tert-OH is 1. The molecule has 1 aliphatic rings. The summed E-state index contributed by atoms with van der Waals surface area (Å²) in [5, 5.41) is 9.28. The molecule has 0 heterocycles. The van der Waals surface area contributed by atoms with Crippen LogP contribution in [0.2, 0.25) is 0 Å². The maximum Gasteiger partial charge on any atom is 0.0558 e. The van der Waals surface area contributed by atoms with Crippen molar-refractivity contribution in [3.05, 3.63) is 29.8 Å². The van der Waals surface area contributed by atoms with Crippen LogP contribution >= 0.6 is 0 Å². The molecule has 1 saturated carbocycles. The molecule has 0 bridgehead atoms. The number of rotatable bonds is 5. The van der Waals surface area contributed by atoms with Crippen molar-refractivity contribution in [3.63, 3.8) is 0 Å². The van der Waals surface area contributed by atoms with E-state index in [1.165, 1.54) is 31.2 Å². The smallest absolute Gasteiger partial charge is 0.0558 e. The van der Waals surface area contributed by atoms with Crippen LogP contribution in [0.4, 0.5) is 5.69 Å². The van der Waals surface area contributed by atoms with Crippen molar-refractivity contribution in [1.82, 2.24) is 4.90 Å². The highest BCUT2D eigenvalue weighted by Crippen LogP contribution is 2.31. The molecule has 0 aromatic heterocycles. The lowest BCUT2D eigenvalue weighted by atomic mass is 10.0. The molecular formula is C15H24N2O. The van der Waals surface area contributed by atoms with Crippen LogP contribution < -0.4 is 5.73 Å². The van der Waals surface area contributed by atoms with Crippen LogP contribution in [-0.2, 0) is 0 Å². The largest absolute Gasteiger partial charge is 0.399 e. The van der Waals surface area contributed by atoms with E-state index < -0.39 is 0 Å². The van der Waals surface area contributed by atoms with E-state index in [0.717, 1.165) is 12.2 Å². The van der Waals surface area contributed by atoms with Crippen molar-refractivity contribution < 1.29 is 5.11 Å². The molecule has 0 amide bonds. The highest BCUT2D eigenvalue weighted by atomic mass is 16.3. The Balaban J connectivity index is 2.14. The molecule has 1 aromatic rings. The van der Waals surface area contributed by atoms with Crippen LogP contribution in [0.1, 0.15) is 44.2 Å². The summed E-state index contributed by atoms with van der Waals surface area (Å²) in [6.07, 6.45) is 5.14. The van der Waals surface area contributed by atoms with Crippen LogP contribution in [0.5, 0.6) is 0 Å². The summed E-state index contributed by atoms with van der Waals surface area (Å²) < 4.78 is 0. The zero-order valence-electron chi connectivity index (χ0n) is 11.2. The van der Waals surface area contributed by atoms with Crippen molar-refractivity contribution in [3.8, 4) is 0 Å². The summed E-state index contributed by atoms with van der Waals surface area (Å²) in [4.78, 5) is 2.43. The Labute approximate surface area is 110 Å². The topological polar surface area (TPSA) is 49.5 Å². The summed E-state index contributed by atoms with van der Waals surface area (Å²) in [6, 6.07) is 9.04. The number of hydrogen-bond acceptors (Lipinski definition) is 3. The van der Waals surface area contributed by atoms with E-state index in [1.54, 1.807) is 0 Å². The van der Waals surface area contributed by atoms with Crippen molar-refractivity contribution >= 4 is 5.69 Å². The van der Waals surface area contributed by atoms with Crippen LogP contribution in [-0.4, -0.2) is 29.2 Å². The summed E-state index contributed by atoms with van der Waals surface area (Å²) in [5.74, 6) is 0. The van der Waals surface area contributed by atoms with Crippen LogP contribution in [0.25, 0.3) is 0 Å². The molecule has 2 rings (SSSR count). The lowest BCUT2D eigenvalue weighted by Gasteiger charge is -2.34. The second-order valence-corrected chi connectivity index (χ2v) is 5.25. The predicted molar refractivity (Wildman–Crippen MR) is 75.3 cm³/mol. The fourth-order valence-corrected chi connectivity index (χ4v) is 3.05. The Bertz CT molecular complexity index is 375. The molecule has 3 nitrogen and oxygen atoms in total. The highest BCUT2D eigenvalue weighted by Gasteiger charge is 2.26. The Morgan fingerprint density at radius 3 is 2.72 bits per heavy atom. The van der Waals surface area contributed by atoms with Gasteiger partial charge in [-0.1, -0.05) is 25.0 Å². The molecule has 0 radical (unpaired) electrons. The number of aliphatic hydroxyl groups is 1. The standard InChI is InChI=1S/C15H24N2O/c1-12(13-5-4-6-14(16)11-13)17(9-10-18)15-7-2-3-8-15/h4-6,11-12,15,18H,2-3,7-10,16H2,1H3. The van der Waals surface area contributed by atoms with Gasteiger partial charge in [0.2, 0.25) is 0 Å². The first-order valence-corrected chi connectivity index (χ1v) is 6.94. The molecule has 0 saturated heterocycles. The molecule has 0 spiro atoms. The van der Waals surface area contributed by atoms with Gasteiger partial charge in [-0.05, 0) is 37.5 Å². The van der Waals surface area contributed by atoms with Crippen LogP contribution in [0.15, 0.2) is 24.3 Å². The van der Waals surface area contributed by atoms with Crippen molar-refractivity contribution in [2.75, 3.05) is 18.9 Å². The molecule has 100 valence electrons. The van der Waals surface area contributed by atoms with Gasteiger partial charge in [0.1, 0.15) is 0 Å². The normalized spacial score (nSPS) is 18.4. The SMILES string of the molecule is CC(c1cccc(N)c1)N(CCO)C1CCCC1. The Kier molecular flexibility index (Phi) is 4.61. The molecule has 1 aliphatic carbocycles. The van der Waals surface area contributed by atoms with Crippen molar-refractivity contribution in [2.24, 2.45) is 0 Å². The Morgan fingerprint density at radius 2 is 2.11 bits per heavy atom. The zero-order chi connectivity index (χ0) is 13.0. The molecule has 1 unspecified atom stereocenters. The van der Waals surface area contributed by atoms with Gasteiger partial charge in [0.25, 0.3) is 0 Å². The minimum absolute atomic E-state index is 0.225. The highest BCUT2D eigenvalue weighted by molar-refractivity contribution is 5.41. The first-order valence-electron chi connectivity index (χ1n) is 6.94. The number of benzene rings is 1. The summed E-state index contributed by atoms with van der Waals surface area (Å²) in [7, 11) is 0. The van der Waals surface area contributed by atoms with Gasteiger partial charge in [0, 0.05) is 24.3 Å². The first-order chi connectivity index (χ1) is 8.72. The van der Waals surface area contributed by atoms with E-state index in [4.69, 9.17) is 5.73 Å². The average molecular weight is 248 g/mol. The molecule has 3 N–H and O–H groups in total. The van der Waals surface area contributed by atoms with Gasteiger partial charge in [0.15, 0.2) is 0 Å². The molecular weight excluding hydrogens is 224 g/mol. The van der Waals surface area contributed by atoms with Gasteiger partial charge in [-0.3, -0.25) is 4.90 Å². The quantitative estimate of drug-likeness (QED) is 0.787. The number of hydrogen-bond donors (Lipinski definition) is 2. The molecule has 1 aromatic carbocycles. The van der Waals surface area contributed by atoms with Gasteiger partial charge >= 0.3 is 0 Å². The van der Waals surface area contributed by atoms with E-state index >= 15 is 0 Å². The second-order valence-electron chi connectivity index (χ2n) is 5.25. The van der Waals surface area contributed by atoms with E-state index in [9.17, 15) is 5.11 Å². The van der Waals surface area contributed by atoms with E-state index in [1.807, 2.05) is 18.2 Å². The summed E-state index contributed by atoms with van der Waals surface area (Å²) in [6.45, 7) is 3.19. The van der Waals surface area contributed by atoms with Gasteiger partial charge < -0.3 is 10.8 Å². The number of nitrogens with zero attached hydrogens (tertiary/aromatic N) is 1. The van der Waals surface area contributed by atoms with Gasteiger partial charge in [-0.15, -0.1) is 0 Å². The minimum atomic E-state index is 0.225. The van der Waals surface area contributed by atoms with Gasteiger partial charge in [-0.25, -0.2) is 0 Å². The lowest BCUT2D eigenvalue weighted by Crippen LogP contribution is -2.37. The Hall–Kier alpha value is -1.06. The molecule has 1 fully saturated rings. The molecule has 3 heteroatoms. The van der Waals surface area contributed by atoms with E-state index in [0.29, 0.717) is 12.1 Å². The zero-order valence-corrected chi connectivity index (χ0v) is 11.2. The molecule has 0 aliphatic heterocycles. The Morgan fingerprint density at radius 1 is 1.39 bits per heavy atom. The number of nitrogen functional groups attached to an aromatic ring is 1. The first kappa shape index (κ1) is 13.4. The third-order valence-electron chi connectivity index (χ3n) is 4.04.